The molecular weight excluding hydrogens is 180 g/mol. The zero-order valence-corrected chi connectivity index (χ0v) is 7.74. The van der Waals surface area contributed by atoms with Gasteiger partial charge in [-0.2, -0.15) is 5.26 Å². The molecule has 0 saturated heterocycles. The molecule has 0 aromatic heterocycles. The van der Waals surface area contributed by atoms with Crippen LogP contribution in [0.4, 0.5) is 0 Å². The molecule has 14 heavy (non-hydrogen) atoms. The Morgan fingerprint density at radius 1 is 1.64 bits per heavy atom. The zero-order chi connectivity index (χ0) is 10.7. The standard InChI is InChI=1S/C10H10N2O2/c1-6-2-7(4-11)9(10(13)14)8(3-6)5-12/h2-3H,4,11H2,1H3,(H,13,14). The van der Waals surface area contributed by atoms with Crippen LogP contribution in [0.2, 0.25) is 0 Å². The van der Waals surface area contributed by atoms with Gasteiger partial charge in [0.1, 0.15) is 6.07 Å². The number of rotatable bonds is 2. The van der Waals surface area contributed by atoms with Crippen molar-refractivity contribution in [3.05, 3.63) is 34.4 Å². The zero-order valence-electron chi connectivity index (χ0n) is 7.74. The van der Waals surface area contributed by atoms with Gasteiger partial charge in [0.25, 0.3) is 0 Å². The number of carboxylic acids is 1. The maximum absolute atomic E-state index is 10.9. The Labute approximate surface area is 81.6 Å². The lowest BCUT2D eigenvalue weighted by molar-refractivity contribution is 0.0695. The number of carboxylic acid groups (broad SMARTS) is 1. The third-order valence-electron chi connectivity index (χ3n) is 1.92. The van der Waals surface area contributed by atoms with Crippen LogP contribution in [0.5, 0.6) is 0 Å². The molecule has 0 atom stereocenters. The average Bonchev–Trinajstić information content (AvgIpc) is 2.15. The summed E-state index contributed by atoms with van der Waals surface area (Å²) in [4.78, 5) is 10.9. The Kier molecular flexibility index (Phi) is 2.85. The van der Waals surface area contributed by atoms with E-state index in [0.29, 0.717) is 5.56 Å². The second-order valence-corrected chi connectivity index (χ2v) is 2.97. The molecule has 72 valence electrons. The largest absolute Gasteiger partial charge is 0.478 e. The van der Waals surface area contributed by atoms with E-state index in [1.54, 1.807) is 19.1 Å². The second kappa shape index (κ2) is 3.90. The Morgan fingerprint density at radius 3 is 2.71 bits per heavy atom. The molecule has 0 aliphatic carbocycles. The molecule has 0 heterocycles. The molecule has 0 fully saturated rings. The summed E-state index contributed by atoms with van der Waals surface area (Å²) in [5.74, 6) is -1.11. The Balaban J connectivity index is 3.50. The Bertz CT molecular complexity index is 419. The molecule has 1 aromatic carbocycles. The second-order valence-electron chi connectivity index (χ2n) is 2.97. The van der Waals surface area contributed by atoms with Crippen LogP contribution in [-0.4, -0.2) is 11.1 Å². The van der Waals surface area contributed by atoms with Gasteiger partial charge in [-0.25, -0.2) is 4.79 Å². The van der Waals surface area contributed by atoms with Crippen molar-refractivity contribution in [2.24, 2.45) is 5.73 Å². The predicted molar refractivity (Wildman–Crippen MR) is 50.7 cm³/mol. The van der Waals surface area contributed by atoms with Crippen molar-refractivity contribution in [1.82, 2.24) is 0 Å². The Morgan fingerprint density at radius 2 is 2.29 bits per heavy atom. The topological polar surface area (TPSA) is 87.1 Å². The fraction of sp³-hybridized carbons (Fsp3) is 0.200. The molecule has 4 heteroatoms. The van der Waals surface area contributed by atoms with Crippen LogP contribution in [0.25, 0.3) is 0 Å². The molecular formula is C10H10N2O2. The van der Waals surface area contributed by atoms with Crippen molar-refractivity contribution in [2.45, 2.75) is 13.5 Å². The molecule has 4 nitrogen and oxygen atoms in total. The summed E-state index contributed by atoms with van der Waals surface area (Å²) < 4.78 is 0. The van der Waals surface area contributed by atoms with Crippen molar-refractivity contribution in [3.8, 4) is 6.07 Å². The minimum absolute atomic E-state index is 0.0144. The first-order valence-corrected chi connectivity index (χ1v) is 4.07. The highest BCUT2D eigenvalue weighted by atomic mass is 16.4. The highest BCUT2D eigenvalue weighted by molar-refractivity contribution is 5.92. The van der Waals surface area contributed by atoms with Gasteiger partial charge in [0, 0.05) is 6.54 Å². The van der Waals surface area contributed by atoms with E-state index in [2.05, 4.69) is 0 Å². The van der Waals surface area contributed by atoms with Crippen LogP contribution in [-0.2, 0) is 6.54 Å². The Hall–Kier alpha value is -1.86. The molecule has 0 amide bonds. The van der Waals surface area contributed by atoms with E-state index in [4.69, 9.17) is 16.1 Å². The number of hydrogen-bond acceptors (Lipinski definition) is 3. The number of nitriles is 1. The first kappa shape index (κ1) is 10.2. The van der Waals surface area contributed by atoms with Crippen molar-refractivity contribution in [3.63, 3.8) is 0 Å². The third-order valence-corrected chi connectivity index (χ3v) is 1.92. The third kappa shape index (κ3) is 1.73. The quantitative estimate of drug-likeness (QED) is 0.728. The first-order valence-electron chi connectivity index (χ1n) is 4.07. The van der Waals surface area contributed by atoms with Gasteiger partial charge in [-0.05, 0) is 24.1 Å². The lowest BCUT2D eigenvalue weighted by atomic mass is 9.99. The smallest absolute Gasteiger partial charge is 0.337 e. The molecule has 0 bridgehead atoms. The maximum Gasteiger partial charge on any atom is 0.337 e. The van der Waals surface area contributed by atoms with E-state index in [9.17, 15) is 4.79 Å². The molecule has 1 aromatic rings. The van der Waals surface area contributed by atoms with E-state index < -0.39 is 5.97 Å². The van der Waals surface area contributed by atoms with Crippen molar-refractivity contribution < 1.29 is 9.90 Å². The minimum atomic E-state index is -1.11. The van der Waals surface area contributed by atoms with Gasteiger partial charge in [-0.1, -0.05) is 6.07 Å². The van der Waals surface area contributed by atoms with Gasteiger partial charge >= 0.3 is 5.97 Å². The van der Waals surface area contributed by atoms with E-state index in [1.165, 1.54) is 0 Å². The van der Waals surface area contributed by atoms with Crippen molar-refractivity contribution in [2.75, 3.05) is 0 Å². The van der Waals surface area contributed by atoms with Gasteiger partial charge in [0.05, 0.1) is 11.1 Å². The summed E-state index contributed by atoms with van der Waals surface area (Å²) in [5.41, 5.74) is 6.92. The normalized spacial score (nSPS) is 9.50. The molecule has 3 N–H and O–H groups in total. The molecule has 0 aliphatic heterocycles. The predicted octanol–water partition coefficient (Wildman–Crippen LogP) is 1.02. The number of aryl methyl sites for hydroxylation is 1. The van der Waals surface area contributed by atoms with E-state index in [0.717, 1.165) is 5.56 Å². The highest BCUT2D eigenvalue weighted by Gasteiger charge is 2.14. The summed E-state index contributed by atoms with van der Waals surface area (Å²) in [6.45, 7) is 1.92. The number of aromatic carboxylic acids is 1. The van der Waals surface area contributed by atoms with Crippen LogP contribution < -0.4 is 5.73 Å². The van der Waals surface area contributed by atoms with Gasteiger partial charge in [-0.3, -0.25) is 0 Å². The molecule has 1 rings (SSSR count). The monoisotopic (exact) mass is 190 g/mol. The van der Waals surface area contributed by atoms with Crippen LogP contribution in [0.15, 0.2) is 12.1 Å². The van der Waals surface area contributed by atoms with Gasteiger partial charge < -0.3 is 10.8 Å². The molecule has 0 radical (unpaired) electrons. The fourth-order valence-electron chi connectivity index (χ4n) is 1.36. The minimum Gasteiger partial charge on any atom is -0.478 e. The van der Waals surface area contributed by atoms with Crippen molar-refractivity contribution in [1.29, 1.82) is 5.26 Å². The number of benzene rings is 1. The molecule has 0 aliphatic rings. The molecule has 0 spiro atoms. The van der Waals surface area contributed by atoms with Gasteiger partial charge in [-0.15, -0.1) is 0 Å². The highest BCUT2D eigenvalue weighted by Crippen LogP contribution is 2.16. The molecule has 0 saturated carbocycles. The number of hydrogen-bond donors (Lipinski definition) is 2. The summed E-state index contributed by atoms with van der Waals surface area (Å²) in [6.07, 6.45) is 0. The summed E-state index contributed by atoms with van der Waals surface area (Å²) in [6, 6.07) is 5.09. The summed E-state index contributed by atoms with van der Waals surface area (Å²) in [7, 11) is 0. The number of nitrogens with two attached hydrogens (primary N) is 1. The fourth-order valence-corrected chi connectivity index (χ4v) is 1.36. The average molecular weight is 190 g/mol. The lowest BCUT2D eigenvalue weighted by Crippen LogP contribution is -2.09. The lowest BCUT2D eigenvalue weighted by Gasteiger charge is -2.06. The van der Waals surface area contributed by atoms with Crippen LogP contribution in [0.3, 0.4) is 0 Å². The van der Waals surface area contributed by atoms with Crippen molar-refractivity contribution >= 4 is 5.97 Å². The van der Waals surface area contributed by atoms with E-state index in [1.807, 2.05) is 6.07 Å². The van der Waals surface area contributed by atoms with E-state index in [-0.39, 0.29) is 17.7 Å². The van der Waals surface area contributed by atoms with E-state index >= 15 is 0 Å². The van der Waals surface area contributed by atoms with Gasteiger partial charge in [0.15, 0.2) is 0 Å². The molecule has 0 unspecified atom stereocenters. The van der Waals surface area contributed by atoms with Crippen LogP contribution in [0, 0.1) is 18.3 Å². The first-order chi connectivity index (χ1) is 6.60. The number of carbonyl (C=O) groups is 1. The van der Waals surface area contributed by atoms with Crippen LogP contribution >= 0.6 is 0 Å². The summed E-state index contributed by atoms with van der Waals surface area (Å²) in [5, 5.41) is 17.7. The maximum atomic E-state index is 10.9. The van der Waals surface area contributed by atoms with Crippen LogP contribution in [0.1, 0.15) is 27.0 Å². The SMILES string of the molecule is Cc1cc(C#N)c(C(=O)O)c(CN)c1. The summed E-state index contributed by atoms with van der Waals surface area (Å²) >= 11 is 0. The number of nitrogens with zero attached hydrogens (tertiary/aromatic N) is 1. The van der Waals surface area contributed by atoms with Gasteiger partial charge in [0.2, 0.25) is 0 Å².